The first-order valence-electron chi connectivity index (χ1n) is 7.72. The molecule has 1 aromatic heterocycles. The molecule has 1 aliphatic heterocycles. The van der Waals surface area contributed by atoms with Gasteiger partial charge in [0.2, 0.25) is 10.0 Å². The maximum absolute atomic E-state index is 11.7. The van der Waals surface area contributed by atoms with Gasteiger partial charge in [-0.15, -0.1) is 24.0 Å². The maximum Gasteiger partial charge on any atom is 0.214 e. The fourth-order valence-electron chi connectivity index (χ4n) is 2.38. The average molecular weight is 455 g/mol. The van der Waals surface area contributed by atoms with Crippen LogP contribution in [0.5, 0.6) is 0 Å². The lowest BCUT2D eigenvalue weighted by Gasteiger charge is -2.14. The highest BCUT2D eigenvalue weighted by atomic mass is 127. The number of rotatable bonds is 7. The zero-order valence-corrected chi connectivity index (χ0v) is 16.6. The summed E-state index contributed by atoms with van der Waals surface area (Å²) in [7, 11) is -3.02. The second-order valence-electron chi connectivity index (χ2n) is 5.18. The minimum Gasteiger partial charge on any atom is -0.357 e. The first-order valence-corrected chi connectivity index (χ1v) is 9.33. The molecular formula is C14H26IN5O2S. The smallest absolute Gasteiger partial charge is 0.214 e. The van der Waals surface area contributed by atoms with Crippen LogP contribution in [0.2, 0.25) is 0 Å². The minimum atomic E-state index is -3.02. The zero-order valence-electron chi connectivity index (χ0n) is 13.4. The van der Waals surface area contributed by atoms with Gasteiger partial charge in [0.15, 0.2) is 5.96 Å². The third-order valence-electron chi connectivity index (χ3n) is 3.50. The summed E-state index contributed by atoms with van der Waals surface area (Å²) in [6, 6.07) is 3.99. The normalized spacial score (nSPS) is 17.7. The number of aromatic nitrogens is 1. The summed E-state index contributed by atoms with van der Waals surface area (Å²) in [5.41, 5.74) is 0. The van der Waals surface area contributed by atoms with Crippen LogP contribution in [0.25, 0.3) is 0 Å². The Bertz CT molecular complexity index is 574. The molecule has 0 radical (unpaired) electrons. The molecular weight excluding hydrogens is 429 g/mol. The van der Waals surface area contributed by atoms with E-state index in [0.29, 0.717) is 19.6 Å². The summed E-state index contributed by atoms with van der Waals surface area (Å²) in [4.78, 5) is 4.44. The Labute approximate surface area is 155 Å². The quantitative estimate of drug-likeness (QED) is 0.361. The van der Waals surface area contributed by atoms with E-state index in [1.54, 1.807) is 0 Å². The highest BCUT2D eigenvalue weighted by Crippen LogP contribution is 2.12. The van der Waals surface area contributed by atoms with E-state index in [2.05, 4.69) is 20.2 Å². The third-order valence-corrected chi connectivity index (χ3v) is 5.45. The molecule has 23 heavy (non-hydrogen) atoms. The van der Waals surface area contributed by atoms with Crippen LogP contribution in [0.3, 0.4) is 0 Å². The summed E-state index contributed by atoms with van der Waals surface area (Å²) in [5.74, 6) is 0.998. The van der Waals surface area contributed by atoms with Crippen molar-refractivity contribution in [2.75, 3.05) is 38.5 Å². The van der Waals surface area contributed by atoms with Gasteiger partial charge in [-0.3, -0.25) is 4.99 Å². The van der Waals surface area contributed by atoms with Crippen LogP contribution in [-0.2, 0) is 16.6 Å². The number of hydrogen-bond donors (Lipinski definition) is 2. The van der Waals surface area contributed by atoms with Crippen LogP contribution >= 0.6 is 24.0 Å². The molecule has 1 fully saturated rings. The second-order valence-corrected chi connectivity index (χ2v) is 7.27. The summed E-state index contributed by atoms with van der Waals surface area (Å²) >= 11 is 0. The molecule has 1 saturated heterocycles. The van der Waals surface area contributed by atoms with E-state index in [1.165, 1.54) is 4.31 Å². The molecule has 1 aliphatic rings. The van der Waals surface area contributed by atoms with Gasteiger partial charge < -0.3 is 15.2 Å². The first-order chi connectivity index (χ1) is 10.6. The number of sulfonamides is 1. The van der Waals surface area contributed by atoms with Crippen molar-refractivity contribution in [3.8, 4) is 0 Å². The topological polar surface area (TPSA) is 78.7 Å². The summed E-state index contributed by atoms with van der Waals surface area (Å²) in [6.45, 7) is 5.95. The Hall–Kier alpha value is -0.810. The first kappa shape index (κ1) is 20.2. The van der Waals surface area contributed by atoms with Crippen molar-refractivity contribution in [2.45, 2.75) is 19.9 Å². The number of guanidine groups is 1. The van der Waals surface area contributed by atoms with E-state index >= 15 is 0 Å². The molecule has 132 valence electrons. The van der Waals surface area contributed by atoms with Gasteiger partial charge in [-0.05, 0) is 25.5 Å². The number of hydrogen-bond acceptors (Lipinski definition) is 3. The molecule has 0 amide bonds. The van der Waals surface area contributed by atoms with Gasteiger partial charge >= 0.3 is 0 Å². The summed E-state index contributed by atoms with van der Waals surface area (Å²) in [5, 5.41) is 6.43. The SMILES string of the molecule is CCNC(=NCCN1CCCS1(=O)=O)NCCn1cccc1.I. The Balaban J connectivity index is 0.00000264. The summed E-state index contributed by atoms with van der Waals surface area (Å²) < 4.78 is 27.0. The molecule has 0 spiro atoms. The van der Waals surface area contributed by atoms with Crippen LogP contribution in [-0.4, -0.2) is 61.7 Å². The Morgan fingerprint density at radius 3 is 2.57 bits per heavy atom. The minimum absolute atomic E-state index is 0. The van der Waals surface area contributed by atoms with E-state index in [9.17, 15) is 8.42 Å². The van der Waals surface area contributed by atoms with Crippen molar-refractivity contribution in [2.24, 2.45) is 4.99 Å². The summed E-state index contributed by atoms with van der Waals surface area (Å²) in [6.07, 6.45) is 4.76. The lowest BCUT2D eigenvalue weighted by atomic mass is 10.5. The molecule has 2 heterocycles. The van der Waals surface area contributed by atoms with Crippen molar-refractivity contribution < 1.29 is 8.42 Å². The van der Waals surface area contributed by atoms with Crippen LogP contribution in [0, 0.1) is 0 Å². The molecule has 2 rings (SSSR count). The van der Waals surface area contributed by atoms with E-state index in [-0.39, 0.29) is 29.7 Å². The molecule has 7 nitrogen and oxygen atoms in total. The van der Waals surface area contributed by atoms with E-state index in [4.69, 9.17) is 0 Å². The average Bonchev–Trinajstić information content (AvgIpc) is 3.09. The Morgan fingerprint density at radius 1 is 1.22 bits per heavy atom. The molecule has 9 heteroatoms. The number of nitrogens with zero attached hydrogens (tertiary/aromatic N) is 3. The van der Waals surface area contributed by atoms with Crippen LogP contribution in [0.4, 0.5) is 0 Å². The predicted molar refractivity (Wildman–Crippen MR) is 104 cm³/mol. The molecule has 0 unspecified atom stereocenters. The molecule has 0 saturated carbocycles. The molecule has 2 N–H and O–H groups in total. The van der Waals surface area contributed by atoms with Crippen LogP contribution in [0.15, 0.2) is 29.5 Å². The lowest BCUT2D eigenvalue weighted by Crippen LogP contribution is -2.39. The molecule has 0 aromatic carbocycles. The van der Waals surface area contributed by atoms with Gasteiger partial charge in [0.05, 0.1) is 12.3 Å². The lowest BCUT2D eigenvalue weighted by molar-refractivity contribution is 0.452. The number of nitrogens with one attached hydrogen (secondary N) is 2. The van der Waals surface area contributed by atoms with Crippen molar-refractivity contribution in [3.63, 3.8) is 0 Å². The fourth-order valence-corrected chi connectivity index (χ4v) is 3.90. The zero-order chi connectivity index (χ0) is 15.8. The van der Waals surface area contributed by atoms with Gasteiger partial charge in [-0.25, -0.2) is 12.7 Å². The monoisotopic (exact) mass is 455 g/mol. The third kappa shape index (κ3) is 6.68. The van der Waals surface area contributed by atoms with Crippen molar-refractivity contribution >= 4 is 40.0 Å². The van der Waals surface area contributed by atoms with Crippen molar-refractivity contribution in [1.29, 1.82) is 0 Å². The Kier molecular flexibility index (Phi) is 8.92. The van der Waals surface area contributed by atoms with Gasteiger partial charge in [0.1, 0.15) is 0 Å². The maximum atomic E-state index is 11.7. The van der Waals surface area contributed by atoms with Crippen molar-refractivity contribution in [1.82, 2.24) is 19.5 Å². The Morgan fingerprint density at radius 2 is 1.96 bits per heavy atom. The number of aliphatic imine (C=N–C) groups is 1. The van der Waals surface area contributed by atoms with Crippen LogP contribution < -0.4 is 10.6 Å². The van der Waals surface area contributed by atoms with E-state index in [1.807, 2.05) is 31.5 Å². The number of halogens is 1. The molecule has 0 bridgehead atoms. The van der Waals surface area contributed by atoms with Crippen LogP contribution in [0.1, 0.15) is 13.3 Å². The predicted octanol–water partition coefficient (Wildman–Crippen LogP) is 0.697. The van der Waals surface area contributed by atoms with E-state index in [0.717, 1.165) is 32.0 Å². The standard InChI is InChI=1S/C14H25N5O2S.HI/c1-2-15-14(16-6-11-18-8-3-4-9-18)17-7-12-19-10-5-13-22(19,20)21;/h3-4,8-9H,2,5-7,10-13H2,1H3,(H2,15,16,17);1H. The highest BCUT2D eigenvalue weighted by molar-refractivity contribution is 14.0. The molecule has 0 aliphatic carbocycles. The second kappa shape index (κ2) is 10.1. The fraction of sp³-hybridized carbons (Fsp3) is 0.643. The van der Waals surface area contributed by atoms with Gasteiger partial charge in [0.25, 0.3) is 0 Å². The van der Waals surface area contributed by atoms with Gasteiger partial charge in [-0.1, -0.05) is 0 Å². The molecule has 0 atom stereocenters. The molecule has 1 aromatic rings. The van der Waals surface area contributed by atoms with Gasteiger partial charge in [-0.2, -0.15) is 0 Å². The highest BCUT2D eigenvalue weighted by Gasteiger charge is 2.27. The van der Waals surface area contributed by atoms with Gasteiger partial charge in [0, 0.05) is 45.1 Å². The van der Waals surface area contributed by atoms with E-state index < -0.39 is 10.0 Å². The largest absolute Gasteiger partial charge is 0.357 e. The van der Waals surface area contributed by atoms with Crippen molar-refractivity contribution in [3.05, 3.63) is 24.5 Å².